The van der Waals surface area contributed by atoms with Crippen molar-refractivity contribution < 1.29 is 9.53 Å². The molecule has 0 aliphatic carbocycles. The first-order valence-corrected chi connectivity index (χ1v) is 7.81. The van der Waals surface area contributed by atoms with Crippen LogP contribution in [0.3, 0.4) is 0 Å². The van der Waals surface area contributed by atoms with Crippen molar-refractivity contribution in [1.82, 2.24) is 10.6 Å². The Bertz CT molecular complexity index is 404. The molecular weight excluding hydrogens is 264 g/mol. The van der Waals surface area contributed by atoms with E-state index in [4.69, 9.17) is 4.74 Å². The molecule has 1 aromatic rings. The van der Waals surface area contributed by atoms with Crippen LogP contribution in [0, 0.1) is 0 Å². The summed E-state index contributed by atoms with van der Waals surface area (Å²) >= 11 is 0. The summed E-state index contributed by atoms with van der Waals surface area (Å²) in [5.74, 6) is 0.930. The second kappa shape index (κ2) is 10.2. The minimum absolute atomic E-state index is 0.0590. The van der Waals surface area contributed by atoms with E-state index in [-0.39, 0.29) is 5.91 Å². The third-order valence-corrected chi connectivity index (χ3v) is 3.44. The third kappa shape index (κ3) is 7.71. The van der Waals surface area contributed by atoms with Gasteiger partial charge >= 0.3 is 0 Å². The number of amides is 1. The molecule has 1 rings (SSSR count). The molecule has 1 atom stereocenters. The molecule has 1 unspecified atom stereocenters. The van der Waals surface area contributed by atoms with Crippen LogP contribution in [0.4, 0.5) is 0 Å². The van der Waals surface area contributed by atoms with Gasteiger partial charge in [-0.25, -0.2) is 0 Å². The van der Waals surface area contributed by atoms with E-state index in [0.29, 0.717) is 19.1 Å². The fourth-order valence-corrected chi connectivity index (χ4v) is 2.13. The molecule has 21 heavy (non-hydrogen) atoms. The fourth-order valence-electron chi connectivity index (χ4n) is 2.13. The van der Waals surface area contributed by atoms with Gasteiger partial charge in [0.15, 0.2) is 0 Å². The van der Waals surface area contributed by atoms with Crippen LogP contribution in [0.15, 0.2) is 24.3 Å². The average Bonchev–Trinajstić information content (AvgIpc) is 2.50. The maximum Gasteiger partial charge on any atom is 0.219 e. The maximum atomic E-state index is 11.1. The van der Waals surface area contributed by atoms with Crippen LogP contribution in [0.1, 0.15) is 38.7 Å². The van der Waals surface area contributed by atoms with Crippen molar-refractivity contribution in [1.29, 1.82) is 0 Å². The average molecular weight is 292 g/mol. The number of carbonyl (C=O) groups excluding carboxylic acids is 1. The van der Waals surface area contributed by atoms with Gasteiger partial charge in [0.2, 0.25) is 5.91 Å². The molecule has 0 radical (unpaired) electrons. The van der Waals surface area contributed by atoms with Crippen molar-refractivity contribution in [3.05, 3.63) is 29.8 Å². The second-order valence-electron chi connectivity index (χ2n) is 5.27. The lowest BCUT2D eigenvalue weighted by Crippen LogP contribution is -2.25. The Kier molecular flexibility index (Phi) is 8.51. The first-order valence-electron chi connectivity index (χ1n) is 7.81. The van der Waals surface area contributed by atoms with Crippen molar-refractivity contribution in [3.63, 3.8) is 0 Å². The fraction of sp³-hybridized carbons (Fsp3) is 0.588. The zero-order valence-electron chi connectivity index (χ0n) is 13.4. The largest absolute Gasteiger partial charge is 0.494 e. The van der Waals surface area contributed by atoms with Crippen molar-refractivity contribution in [2.75, 3.05) is 20.2 Å². The molecule has 2 N–H and O–H groups in total. The van der Waals surface area contributed by atoms with Crippen molar-refractivity contribution in [3.8, 4) is 5.75 Å². The normalized spacial score (nSPS) is 12.0. The van der Waals surface area contributed by atoms with Gasteiger partial charge in [-0.05, 0) is 50.4 Å². The Labute approximate surface area is 128 Å². The van der Waals surface area contributed by atoms with Crippen LogP contribution >= 0.6 is 0 Å². The topological polar surface area (TPSA) is 50.4 Å². The summed E-state index contributed by atoms with van der Waals surface area (Å²) < 4.78 is 5.63. The molecule has 1 aromatic carbocycles. The molecule has 118 valence electrons. The first-order chi connectivity index (χ1) is 10.2. The van der Waals surface area contributed by atoms with Crippen molar-refractivity contribution >= 4 is 5.91 Å². The molecule has 4 heteroatoms. The number of carbonyl (C=O) groups is 1. The van der Waals surface area contributed by atoms with Crippen LogP contribution < -0.4 is 15.4 Å². The van der Waals surface area contributed by atoms with Gasteiger partial charge in [0.25, 0.3) is 0 Å². The molecule has 0 saturated carbocycles. The van der Waals surface area contributed by atoms with Crippen LogP contribution in [-0.2, 0) is 11.2 Å². The summed E-state index contributed by atoms with van der Waals surface area (Å²) in [6.45, 7) is 5.94. The molecule has 0 fully saturated rings. The molecule has 0 aromatic heterocycles. The predicted octanol–water partition coefficient (Wildman–Crippen LogP) is 2.52. The van der Waals surface area contributed by atoms with E-state index in [0.717, 1.165) is 31.6 Å². The summed E-state index contributed by atoms with van der Waals surface area (Å²) in [6.07, 6.45) is 3.46. The van der Waals surface area contributed by atoms with E-state index in [9.17, 15) is 4.79 Å². The molecule has 4 nitrogen and oxygen atoms in total. The third-order valence-electron chi connectivity index (χ3n) is 3.44. The lowest BCUT2D eigenvalue weighted by Gasteiger charge is -2.12. The first kappa shape index (κ1) is 17.5. The lowest BCUT2D eigenvalue weighted by molar-refractivity contribution is -0.120. The summed E-state index contributed by atoms with van der Waals surface area (Å²) in [7, 11) is 1.65. The molecular formula is C17H28N2O2. The summed E-state index contributed by atoms with van der Waals surface area (Å²) in [5.41, 5.74) is 1.33. The summed E-state index contributed by atoms with van der Waals surface area (Å²) in [5, 5.41) is 6.02. The van der Waals surface area contributed by atoms with E-state index in [1.165, 1.54) is 5.56 Å². The van der Waals surface area contributed by atoms with Crippen molar-refractivity contribution in [2.24, 2.45) is 0 Å². The highest BCUT2D eigenvalue weighted by atomic mass is 16.5. The highest BCUT2D eigenvalue weighted by Gasteiger charge is 2.02. The molecule has 0 aliphatic rings. The van der Waals surface area contributed by atoms with Gasteiger partial charge in [0.1, 0.15) is 5.75 Å². The Balaban J connectivity index is 2.25. The Morgan fingerprint density at radius 3 is 2.62 bits per heavy atom. The smallest absolute Gasteiger partial charge is 0.219 e. The number of aryl methyl sites for hydroxylation is 1. The van der Waals surface area contributed by atoms with Gasteiger partial charge in [-0.1, -0.05) is 19.1 Å². The monoisotopic (exact) mass is 292 g/mol. The zero-order chi connectivity index (χ0) is 15.5. The van der Waals surface area contributed by atoms with Crippen LogP contribution in [0.2, 0.25) is 0 Å². The van der Waals surface area contributed by atoms with E-state index in [2.05, 4.69) is 36.6 Å². The number of rotatable bonds is 10. The Hall–Kier alpha value is -1.55. The number of hydrogen-bond acceptors (Lipinski definition) is 3. The lowest BCUT2D eigenvalue weighted by atomic mass is 10.1. The van der Waals surface area contributed by atoms with Gasteiger partial charge in [-0.3, -0.25) is 4.79 Å². The van der Waals surface area contributed by atoms with Crippen molar-refractivity contribution in [2.45, 2.75) is 45.6 Å². The SMILES string of the molecule is CCNC(C)CCc1ccc(OCCCC(=O)NC)cc1. The minimum atomic E-state index is 0.0590. The number of nitrogens with one attached hydrogen (secondary N) is 2. The molecule has 1 amide bonds. The van der Waals surface area contributed by atoms with Gasteiger partial charge < -0.3 is 15.4 Å². The van der Waals surface area contributed by atoms with E-state index < -0.39 is 0 Å². The predicted molar refractivity (Wildman–Crippen MR) is 86.7 cm³/mol. The van der Waals surface area contributed by atoms with Gasteiger partial charge in [-0.2, -0.15) is 0 Å². The molecule has 0 aliphatic heterocycles. The van der Waals surface area contributed by atoms with E-state index >= 15 is 0 Å². The molecule has 0 bridgehead atoms. The maximum absolute atomic E-state index is 11.1. The van der Waals surface area contributed by atoms with Gasteiger partial charge in [0.05, 0.1) is 6.61 Å². The Morgan fingerprint density at radius 2 is 2.00 bits per heavy atom. The van der Waals surface area contributed by atoms with Crippen LogP contribution in [0.25, 0.3) is 0 Å². The number of ether oxygens (including phenoxy) is 1. The van der Waals surface area contributed by atoms with Gasteiger partial charge in [-0.15, -0.1) is 0 Å². The molecule has 0 heterocycles. The molecule has 0 saturated heterocycles. The van der Waals surface area contributed by atoms with E-state index in [1.54, 1.807) is 7.05 Å². The minimum Gasteiger partial charge on any atom is -0.494 e. The number of hydrogen-bond donors (Lipinski definition) is 2. The zero-order valence-corrected chi connectivity index (χ0v) is 13.4. The highest BCUT2D eigenvalue weighted by molar-refractivity contribution is 5.75. The molecule has 0 spiro atoms. The quantitative estimate of drug-likeness (QED) is 0.652. The summed E-state index contributed by atoms with van der Waals surface area (Å²) in [6, 6.07) is 8.80. The van der Waals surface area contributed by atoms with Crippen LogP contribution in [0.5, 0.6) is 5.75 Å². The van der Waals surface area contributed by atoms with Crippen LogP contribution in [-0.4, -0.2) is 32.1 Å². The number of benzene rings is 1. The summed E-state index contributed by atoms with van der Waals surface area (Å²) in [4.78, 5) is 11.1. The van der Waals surface area contributed by atoms with Gasteiger partial charge in [0, 0.05) is 19.5 Å². The standard InChI is InChI=1S/C17H28N2O2/c1-4-19-14(2)7-8-15-9-11-16(12-10-15)21-13-5-6-17(20)18-3/h9-12,14,19H,4-8,13H2,1-3H3,(H,18,20). The van der Waals surface area contributed by atoms with E-state index in [1.807, 2.05) is 12.1 Å². The Morgan fingerprint density at radius 1 is 1.29 bits per heavy atom. The second-order valence-corrected chi connectivity index (χ2v) is 5.27. The highest BCUT2D eigenvalue weighted by Crippen LogP contribution is 2.14.